The minimum Gasteiger partial charge on any atom is -0.497 e. The lowest BCUT2D eigenvalue weighted by Gasteiger charge is -2.21. The molecule has 0 unspecified atom stereocenters. The quantitative estimate of drug-likeness (QED) is 0.818. The van der Waals surface area contributed by atoms with Crippen LogP contribution in [0.25, 0.3) is 0 Å². The summed E-state index contributed by atoms with van der Waals surface area (Å²) in [6.45, 7) is 1.73. The molecule has 0 radical (unpaired) electrons. The van der Waals surface area contributed by atoms with Gasteiger partial charge in [-0.25, -0.2) is 12.7 Å². The van der Waals surface area contributed by atoms with Crippen LogP contribution in [0.1, 0.15) is 18.4 Å². The summed E-state index contributed by atoms with van der Waals surface area (Å²) in [6, 6.07) is 7.47. The lowest BCUT2D eigenvalue weighted by Crippen LogP contribution is -2.35. The fourth-order valence-corrected chi connectivity index (χ4v) is 5.66. The summed E-state index contributed by atoms with van der Waals surface area (Å²) in [5, 5.41) is -0.332. The van der Waals surface area contributed by atoms with E-state index in [1.807, 2.05) is 29.2 Å². The van der Waals surface area contributed by atoms with Crippen LogP contribution in [0.3, 0.4) is 0 Å². The largest absolute Gasteiger partial charge is 0.497 e. The van der Waals surface area contributed by atoms with Crippen molar-refractivity contribution >= 4 is 15.9 Å². The van der Waals surface area contributed by atoms with Crippen LogP contribution in [0.15, 0.2) is 24.3 Å². The Labute approximate surface area is 143 Å². The normalized spacial score (nSPS) is 26.7. The van der Waals surface area contributed by atoms with Crippen molar-refractivity contribution in [1.29, 1.82) is 0 Å². The molecule has 7 heteroatoms. The molecule has 0 aromatic heterocycles. The van der Waals surface area contributed by atoms with Crippen molar-refractivity contribution in [3.8, 4) is 5.75 Å². The van der Waals surface area contributed by atoms with Gasteiger partial charge < -0.3 is 9.64 Å². The third kappa shape index (κ3) is 3.28. The van der Waals surface area contributed by atoms with Crippen LogP contribution in [0.5, 0.6) is 5.75 Å². The van der Waals surface area contributed by atoms with Crippen LogP contribution in [0, 0.1) is 5.92 Å². The van der Waals surface area contributed by atoms with E-state index in [1.165, 1.54) is 4.31 Å². The first-order valence-electron chi connectivity index (χ1n) is 8.27. The average molecular weight is 352 g/mol. The van der Waals surface area contributed by atoms with Crippen molar-refractivity contribution < 1.29 is 17.9 Å². The van der Waals surface area contributed by atoms with Crippen molar-refractivity contribution in [2.75, 3.05) is 33.8 Å². The second-order valence-corrected chi connectivity index (χ2v) is 8.87. The molecule has 2 fully saturated rings. The van der Waals surface area contributed by atoms with Gasteiger partial charge in [0.15, 0.2) is 0 Å². The summed E-state index contributed by atoms with van der Waals surface area (Å²) in [5.41, 5.74) is 0.942. The van der Waals surface area contributed by atoms with Gasteiger partial charge in [-0.1, -0.05) is 12.1 Å². The van der Waals surface area contributed by atoms with Gasteiger partial charge in [-0.3, -0.25) is 4.79 Å². The average Bonchev–Trinajstić information content (AvgIpc) is 2.72. The molecule has 6 nitrogen and oxygen atoms in total. The number of carbonyl (C=O) groups excluding carboxylic acids is 1. The molecular formula is C17H24N2O4S. The van der Waals surface area contributed by atoms with E-state index < -0.39 is 10.0 Å². The van der Waals surface area contributed by atoms with Gasteiger partial charge in [0, 0.05) is 26.7 Å². The highest BCUT2D eigenvalue weighted by Crippen LogP contribution is 2.33. The maximum Gasteiger partial charge on any atom is 0.226 e. The fourth-order valence-electron chi connectivity index (χ4n) is 3.68. The van der Waals surface area contributed by atoms with Crippen LogP contribution in [0.4, 0.5) is 0 Å². The van der Waals surface area contributed by atoms with Gasteiger partial charge in [0.05, 0.1) is 18.8 Å². The fraction of sp³-hybridized carbons (Fsp3) is 0.588. The van der Waals surface area contributed by atoms with Gasteiger partial charge >= 0.3 is 0 Å². The monoisotopic (exact) mass is 352 g/mol. The molecule has 2 aliphatic rings. The molecule has 2 heterocycles. The number of ether oxygens (including phenoxy) is 1. The number of hydrogen-bond donors (Lipinski definition) is 0. The van der Waals surface area contributed by atoms with E-state index >= 15 is 0 Å². The van der Waals surface area contributed by atoms with Crippen LogP contribution >= 0.6 is 0 Å². The highest BCUT2D eigenvalue weighted by Gasteiger charge is 2.45. The second kappa shape index (κ2) is 6.72. The van der Waals surface area contributed by atoms with Crippen molar-refractivity contribution in [2.24, 2.45) is 5.92 Å². The predicted octanol–water partition coefficient (Wildman–Crippen LogP) is 1.12. The number of carbonyl (C=O) groups is 1. The summed E-state index contributed by atoms with van der Waals surface area (Å²) in [6.07, 6.45) is 1.63. The number of benzene rings is 1. The zero-order valence-electron chi connectivity index (χ0n) is 14.1. The number of fused-ring (bicyclic) bond motifs is 1. The first-order chi connectivity index (χ1) is 11.4. The van der Waals surface area contributed by atoms with Crippen molar-refractivity contribution in [3.63, 3.8) is 0 Å². The standard InChI is InChI=1S/C17H24N2O4S/c1-18-12-14-7-9-19(10-8-16(14)24(18,21)22)17(20)11-13-3-5-15(23-2)6-4-13/h3-6,14,16H,7-12H2,1-2H3/t14-,16-/m1/s1. The minimum absolute atomic E-state index is 0.0610. The number of sulfonamides is 1. The lowest BCUT2D eigenvalue weighted by molar-refractivity contribution is -0.130. The highest BCUT2D eigenvalue weighted by atomic mass is 32.2. The zero-order chi connectivity index (χ0) is 17.3. The molecule has 0 N–H and O–H groups in total. The van der Waals surface area contributed by atoms with E-state index in [1.54, 1.807) is 14.2 Å². The van der Waals surface area contributed by atoms with Crippen LogP contribution < -0.4 is 4.74 Å². The Hall–Kier alpha value is -1.60. The Morgan fingerprint density at radius 2 is 1.88 bits per heavy atom. The first kappa shape index (κ1) is 17.2. The Morgan fingerprint density at radius 1 is 1.21 bits per heavy atom. The summed E-state index contributed by atoms with van der Waals surface area (Å²) >= 11 is 0. The second-order valence-electron chi connectivity index (χ2n) is 6.61. The van der Waals surface area contributed by atoms with E-state index in [2.05, 4.69) is 0 Å². The van der Waals surface area contributed by atoms with Crippen LogP contribution in [-0.4, -0.2) is 62.6 Å². The van der Waals surface area contributed by atoms with Crippen molar-refractivity contribution in [1.82, 2.24) is 9.21 Å². The van der Waals surface area contributed by atoms with Gasteiger partial charge in [-0.15, -0.1) is 0 Å². The smallest absolute Gasteiger partial charge is 0.226 e. The minimum atomic E-state index is -3.18. The SMILES string of the molecule is COc1ccc(CC(=O)N2CC[C@@H]3CN(C)S(=O)(=O)[C@@H]3CC2)cc1. The Morgan fingerprint density at radius 3 is 2.54 bits per heavy atom. The molecule has 0 bridgehead atoms. The summed E-state index contributed by atoms with van der Waals surface area (Å²) < 4.78 is 31.2. The highest BCUT2D eigenvalue weighted by molar-refractivity contribution is 7.90. The summed E-state index contributed by atoms with van der Waals surface area (Å²) in [4.78, 5) is 14.4. The topological polar surface area (TPSA) is 66.9 Å². The van der Waals surface area contributed by atoms with E-state index in [-0.39, 0.29) is 17.1 Å². The molecule has 132 valence electrons. The Kier molecular flexibility index (Phi) is 4.83. The van der Waals surface area contributed by atoms with Crippen molar-refractivity contribution in [3.05, 3.63) is 29.8 Å². The molecule has 1 aromatic rings. The van der Waals surface area contributed by atoms with Crippen molar-refractivity contribution in [2.45, 2.75) is 24.5 Å². The third-order valence-corrected chi connectivity index (χ3v) is 7.56. The van der Waals surface area contributed by atoms with Gasteiger partial charge in [0.25, 0.3) is 0 Å². The number of methoxy groups -OCH3 is 1. The van der Waals surface area contributed by atoms with Gasteiger partial charge in [0.2, 0.25) is 15.9 Å². The third-order valence-electron chi connectivity index (χ3n) is 5.15. The molecule has 2 aliphatic heterocycles. The molecule has 24 heavy (non-hydrogen) atoms. The number of amides is 1. The lowest BCUT2D eigenvalue weighted by atomic mass is 10.0. The summed E-state index contributed by atoms with van der Waals surface area (Å²) in [7, 11) is 0.0767. The molecule has 1 amide bonds. The predicted molar refractivity (Wildman–Crippen MR) is 91.3 cm³/mol. The molecule has 2 atom stereocenters. The molecule has 0 spiro atoms. The first-order valence-corrected chi connectivity index (χ1v) is 9.78. The molecule has 0 saturated carbocycles. The van der Waals surface area contributed by atoms with Gasteiger partial charge in [0.1, 0.15) is 5.75 Å². The maximum atomic E-state index is 12.6. The molecule has 0 aliphatic carbocycles. The maximum absolute atomic E-state index is 12.6. The van der Waals surface area contributed by atoms with Crippen LogP contribution in [0.2, 0.25) is 0 Å². The number of nitrogens with zero attached hydrogens (tertiary/aromatic N) is 2. The molecule has 2 saturated heterocycles. The number of likely N-dealkylation sites (tertiary alicyclic amines) is 1. The Bertz CT molecular complexity index is 702. The zero-order valence-corrected chi connectivity index (χ0v) is 15.0. The van der Waals surface area contributed by atoms with E-state index in [0.29, 0.717) is 32.5 Å². The molecular weight excluding hydrogens is 328 g/mol. The number of hydrogen-bond acceptors (Lipinski definition) is 4. The van der Waals surface area contributed by atoms with E-state index in [9.17, 15) is 13.2 Å². The summed E-state index contributed by atoms with van der Waals surface area (Å²) in [5.74, 6) is 0.966. The number of rotatable bonds is 3. The van der Waals surface area contributed by atoms with E-state index in [4.69, 9.17) is 4.74 Å². The van der Waals surface area contributed by atoms with E-state index in [0.717, 1.165) is 17.7 Å². The van der Waals surface area contributed by atoms with Gasteiger partial charge in [-0.05, 0) is 36.5 Å². The molecule has 3 rings (SSSR count). The van der Waals surface area contributed by atoms with Gasteiger partial charge in [-0.2, -0.15) is 0 Å². The molecule has 1 aromatic carbocycles. The van der Waals surface area contributed by atoms with Crippen LogP contribution in [-0.2, 0) is 21.2 Å². The Balaban J connectivity index is 1.63.